The lowest BCUT2D eigenvalue weighted by Crippen LogP contribution is -2.30. The van der Waals surface area contributed by atoms with Gasteiger partial charge in [0.15, 0.2) is 0 Å². The van der Waals surface area contributed by atoms with Crippen LogP contribution in [0.1, 0.15) is 18.5 Å². The molecule has 0 bridgehead atoms. The predicted octanol–water partition coefficient (Wildman–Crippen LogP) is 3.74. The predicted molar refractivity (Wildman–Crippen MR) is 94.7 cm³/mol. The zero-order chi connectivity index (χ0) is 15.1. The second-order valence-corrected chi connectivity index (χ2v) is 8.29. The van der Waals surface area contributed by atoms with Crippen molar-refractivity contribution in [2.75, 3.05) is 13.1 Å². The lowest BCUT2D eigenvalue weighted by atomic mass is 9.98. The van der Waals surface area contributed by atoms with Crippen LogP contribution in [0.2, 0.25) is 0 Å². The van der Waals surface area contributed by atoms with Gasteiger partial charge in [-0.2, -0.15) is 0 Å². The topological polar surface area (TPSA) is 42.1 Å². The smallest absolute Gasteiger partial charge is 0.123 e. The molecule has 1 saturated carbocycles. The Kier molecular flexibility index (Phi) is 4.07. The Labute approximate surface area is 143 Å². The highest BCUT2D eigenvalue weighted by Crippen LogP contribution is 2.37. The van der Waals surface area contributed by atoms with E-state index in [1.165, 1.54) is 30.6 Å². The van der Waals surface area contributed by atoms with Crippen molar-refractivity contribution in [2.45, 2.75) is 25.4 Å². The van der Waals surface area contributed by atoms with E-state index in [0.29, 0.717) is 12.0 Å². The summed E-state index contributed by atoms with van der Waals surface area (Å²) in [5.41, 5.74) is 8.60. The highest BCUT2D eigenvalue weighted by atomic mass is 79.9. The van der Waals surface area contributed by atoms with Crippen molar-refractivity contribution in [3.8, 4) is 10.6 Å². The minimum atomic E-state index is 0.419. The van der Waals surface area contributed by atoms with Crippen LogP contribution < -0.4 is 5.73 Å². The van der Waals surface area contributed by atoms with Gasteiger partial charge in [-0.1, -0.05) is 28.1 Å². The Bertz CT molecular complexity index is 671. The van der Waals surface area contributed by atoms with Gasteiger partial charge in [0.05, 0.1) is 5.69 Å². The van der Waals surface area contributed by atoms with Gasteiger partial charge in [0.1, 0.15) is 5.01 Å². The number of rotatable bonds is 3. The quantitative estimate of drug-likeness (QED) is 0.885. The third-order valence-corrected chi connectivity index (χ3v) is 6.43. The molecule has 3 nitrogen and oxygen atoms in total. The molecule has 1 aliphatic heterocycles. The molecule has 1 aromatic heterocycles. The molecule has 2 aliphatic rings. The van der Waals surface area contributed by atoms with Crippen LogP contribution in [0, 0.1) is 11.8 Å². The third-order valence-electron chi connectivity index (χ3n) is 5.00. The summed E-state index contributed by atoms with van der Waals surface area (Å²) in [5.74, 6) is 1.53. The Balaban J connectivity index is 1.45. The number of aromatic nitrogens is 1. The van der Waals surface area contributed by atoms with E-state index < -0.39 is 0 Å². The van der Waals surface area contributed by atoms with Gasteiger partial charge in [-0.3, -0.25) is 4.90 Å². The fraction of sp³-hybridized carbons (Fsp3) is 0.471. The van der Waals surface area contributed by atoms with E-state index in [0.717, 1.165) is 28.5 Å². The van der Waals surface area contributed by atoms with Gasteiger partial charge >= 0.3 is 0 Å². The first-order valence-corrected chi connectivity index (χ1v) is 9.54. The zero-order valence-electron chi connectivity index (χ0n) is 12.4. The summed E-state index contributed by atoms with van der Waals surface area (Å²) in [6.07, 6.45) is 2.52. The van der Waals surface area contributed by atoms with Gasteiger partial charge in [-0.05, 0) is 36.8 Å². The van der Waals surface area contributed by atoms with Crippen LogP contribution in [0.3, 0.4) is 0 Å². The molecule has 2 fully saturated rings. The highest BCUT2D eigenvalue weighted by molar-refractivity contribution is 9.10. The lowest BCUT2D eigenvalue weighted by Gasteiger charge is -2.17. The maximum absolute atomic E-state index is 6.23. The summed E-state index contributed by atoms with van der Waals surface area (Å²) in [6, 6.07) is 8.77. The van der Waals surface area contributed by atoms with Gasteiger partial charge < -0.3 is 5.73 Å². The molecule has 0 unspecified atom stereocenters. The number of benzene rings is 1. The Morgan fingerprint density at radius 1 is 1.32 bits per heavy atom. The molecule has 1 aromatic carbocycles. The first-order chi connectivity index (χ1) is 10.7. The highest BCUT2D eigenvalue weighted by Gasteiger charge is 2.40. The van der Waals surface area contributed by atoms with Crippen molar-refractivity contribution in [1.82, 2.24) is 9.88 Å². The van der Waals surface area contributed by atoms with Crippen molar-refractivity contribution in [3.05, 3.63) is 39.8 Å². The summed E-state index contributed by atoms with van der Waals surface area (Å²) in [5, 5.41) is 3.30. The van der Waals surface area contributed by atoms with E-state index in [2.05, 4.69) is 44.4 Å². The number of fused-ring (bicyclic) bond motifs is 1. The van der Waals surface area contributed by atoms with Crippen molar-refractivity contribution in [2.24, 2.45) is 17.6 Å². The van der Waals surface area contributed by atoms with Crippen molar-refractivity contribution in [3.63, 3.8) is 0 Å². The van der Waals surface area contributed by atoms with E-state index >= 15 is 0 Å². The number of thiazole rings is 1. The first-order valence-electron chi connectivity index (χ1n) is 7.87. The van der Waals surface area contributed by atoms with Crippen LogP contribution in [-0.2, 0) is 6.54 Å². The van der Waals surface area contributed by atoms with E-state index in [-0.39, 0.29) is 0 Å². The third kappa shape index (κ3) is 2.87. The van der Waals surface area contributed by atoms with Crippen molar-refractivity contribution >= 4 is 27.3 Å². The largest absolute Gasteiger partial charge is 0.327 e. The molecule has 0 radical (unpaired) electrons. The molecule has 4 rings (SSSR count). The Morgan fingerprint density at radius 3 is 3.05 bits per heavy atom. The fourth-order valence-corrected chi connectivity index (χ4v) is 5.10. The van der Waals surface area contributed by atoms with E-state index in [4.69, 9.17) is 10.7 Å². The average molecular weight is 378 g/mol. The van der Waals surface area contributed by atoms with Gasteiger partial charge in [-0.15, -0.1) is 11.3 Å². The Hall–Kier alpha value is -0.750. The summed E-state index contributed by atoms with van der Waals surface area (Å²) >= 11 is 5.26. The van der Waals surface area contributed by atoms with E-state index in [9.17, 15) is 0 Å². The molecule has 0 spiro atoms. The average Bonchev–Trinajstić information content (AvgIpc) is 3.18. The molecular weight excluding hydrogens is 358 g/mol. The summed E-state index contributed by atoms with van der Waals surface area (Å²) in [7, 11) is 0. The van der Waals surface area contributed by atoms with Gasteiger partial charge in [0.25, 0.3) is 0 Å². The van der Waals surface area contributed by atoms with Crippen LogP contribution in [0.15, 0.2) is 34.1 Å². The van der Waals surface area contributed by atoms with Gasteiger partial charge in [0.2, 0.25) is 0 Å². The molecule has 22 heavy (non-hydrogen) atoms. The summed E-state index contributed by atoms with van der Waals surface area (Å²) in [6.45, 7) is 3.31. The van der Waals surface area contributed by atoms with Gasteiger partial charge in [0, 0.05) is 41.1 Å². The Morgan fingerprint density at radius 2 is 2.23 bits per heavy atom. The monoisotopic (exact) mass is 377 g/mol. The van der Waals surface area contributed by atoms with Crippen molar-refractivity contribution < 1.29 is 0 Å². The maximum atomic E-state index is 6.23. The fourth-order valence-electron chi connectivity index (χ4n) is 3.89. The number of hydrogen-bond acceptors (Lipinski definition) is 4. The molecule has 2 aromatic rings. The van der Waals surface area contributed by atoms with E-state index in [1.807, 2.05) is 6.07 Å². The maximum Gasteiger partial charge on any atom is 0.123 e. The minimum Gasteiger partial charge on any atom is -0.327 e. The molecule has 5 heteroatoms. The van der Waals surface area contributed by atoms with E-state index in [1.54, 1.807) is 11.3 Å². The molecule has 2 N–H and O–H groups in total. The lowest BCUT2D eigenvalue weighted by molar-refractivity contribution is 0.295. The molecule has 2 heterocycles. The van der Waals surface area contributed by atoms with Crippen LogP contribution in [0.25, 0.3) is 10.6 Å². The second kappa shape index (κ2) is 6.04. The minimum absolute atomic E-state index is 0.419. The molecule has 1 aliphatic carbocycles. The van der Waals surface area contributed by atoms with Crippen LogP contribution in [-0.4, -0.2) is 29.0 Å². The summed E-state index contributed by atoms with van der Waals surface area (Å²) in [4.78, 5) is 7.36. The molecular formula is C17H20BrN3S. The number of nitrogens with zero attached hydrogens (tertiary/aromatic N) is 2. The molecule has 1 saturated heterocycles. The first kappa shape index (κ1) is 14.8. The molecule has 3 atom stereocenters. The number of nitrogens with two attached hydrogens (primary N) is 1. The number of likely N-dealkylation sites (tertiary alicyclic amines) is 1. The molecule has 0 amide bonds. The normalized spacial score (nSPS) is 28.2. The molecule has 116 valence electrons. The van der Waals surface area contributed by atoms with Crippen LogP contribution in [0.5, 0.6) is 0 Å². The number of halogens is 1. The van der Waals surface area contributed by atoms with Crippen molar-refractivity contribution in [1.29, 1.82) is 0 Å². The number of hydrogen-bond donors (Lipinski definition) is 1. The second-order valence-electron chi connectivity index (χ2n) is 6.51. The van der Waals surface area contributed by atoms with Crippen LogP contribution in [0.4, 0.5) is 0 Å². The standard InChI is InChI=1S/C17H20BrN3S/c18-13-3-1-2-11(6-13)17-20-14(10-22-17)8-21-7-12-4-5-16(19)15(12)9-21/h1-3,6,10,12,15-16H,4-5,7-9,19H2/t12-,15+,16-/m1/s1. The SMILES string of the molecule is N[C@@H]1CC[C@@H]2CN(Cc3csc(-c4cccc(Br)c4)n3)C[C@@H]21. The van der Waals surface area contributed by atoms with Gasteiger partial charge in [-0.25, -0.2) is 4.98 Å². The van der Waals surface area contributed by atoms with Crippen LogP contribution >= 0.6 is 27.3 Å². The summed E-state index contributed by atoms with van der Waals surface area (Å²) < 4.78 is 1.10. The zero-order valence-corrected chi connectivity index (χ0v) is 14.8.